The Labute approximate surface area is 156 Å². The second kappa shape index (κ2) is 9.34. The number of methoxy groups -OCH3 is 1. The molecule has 0 heterocycles. The maximum absolute atomic E-state index is 12.1. The quantitative estimate of drug-likeness (QED) is 0.762. The minimum atomic E-state index is -0.364. The van der Waals surface area contributed by atoms with E-state index in [1.54, 1.807) is 62.6 Å². The zero-order valence-electron chi connectivity index (χ0n) is 13.9. The Hall–Kier alpha value is -2.18. The summed E-state index contributed by atoms with van der Waals surface area (Å²) in [4.78, 5) is 24.1. The molecule has 7 heteroatoms. The first-order valence-corrected chi connectivity index (χ1v) is 9.02. The minimum Gasteiger partial charge on any atom is -0.497 e. The second-order valence-electron chi connectivity index (χ2n) is 5.23. The van der Waals surface area contributed by atoms with Crippen LogP contribution in [0.3, 0.4) is 0 Å². The van der Waals surface area contributed by atoms with Gasteiger partial charge in [0.15, 0.2) is 0 Å². The number of carbonyl (C=O) groups is 2. The summed E-state index contributed by atoms with van der Waals surface area (Å²) in [5.74, 6) is 0.576. The van der Waals surface area contributed by atoms with Gasteiger partial charge in [0.1, 0.15) is 5.75 Å². The van der Waals surface area contributed by atoms with Crippen molar-refractivity contribution in [3.8, 4) is 5.75 Å². The largest absolute Gasteiger partial charge is 0.497 e. The molecule has 1 unspecified atom stereocenters. The lowest BCUT2D eigenvalue weighted by atomic mass is 10.3. The third kappa shape index (κ3) is 6.32. The van der Waals surface area contributed by atoms with Crippen LogP contribution in [0.25, 0.3) is 0 Å². The highest BCUT2D eigenvalue weighted by Gasteiger charge is 2.15. The molecule has 0 aliphatic carbocycles. The number of amides is 2. The van der Waals surface area contributed by atoms with Crippen LogP contribution in [0.4, 0.5) is 11.4 Å². The Balaban J connectivity index is 1.77. The first-order valence-electron chi connectivity index (χ1n) is 7.60. The van der Waals surface area contributed by atoms with Crippen molar-refractivity contribution in [2.45, 2.75) is 12.2 Å². The van der Waals surface area contributed by atoms with Crippen LogP contribution in [0.5, 0.6) is 5.75 Å². The summed E-state index contributed by atoms with van der Waals surface area (Å²) >= 11 is 7.08. The molecule has 0 aliphatic heterocycles. The number of hydrogen-bond acceptors (Lipinski definition) is 4. The maximum Gasteiger partial charge on any atom is 0.237 e. The predicted molar refractivity (Wildman–Crippen MR) is 104 cm³/mol. The van der Waals surface area contributed by atoms with Crippen molar-refractivity contribution in [2.75, 3.05) is 23.5 Å². The molecule has 0 spiro atoms. The van der Waals surface area contributed by atoms with Crippen LogP contribution >= 0.6 is 23.4 Å². The van der Waals surface area contributed by atoms with Crippen LogP contribution in [0, 0.1) is 0 Å². The van der Waals surface area contributed by atoms with Gasteiger partial charge in [0.2, 0.25) is 11.8 Å². The Bertz CT molecular complexity index is 720. The highest BCUT2D eigenvalue weighted by Crippen LogP contribution is 2.18. The normalized spacial score (nSPS) is 11.5. The summed E-state index contributed by atoms with van der Waals surface area (Å²) in [5, 5.41) is 5.82. The molecular weight excluding hydrogens is 360 g/mol. The van der Waals surface area contributed by atoms with Gasteiger partial charge in [0.25, 0.3) is 0 Å². The molecule has 25 heavy (non-hydrogen) atoms. The van der Waals surface area contributed by atoms with Gasteiger partial charge in [-0.1, -0.05) is 11.6 Å². The van der Waals surface area contributed by atoms with Crippen molar-refractivity contribution >= 4 is 46.6 Å². The number of nitrogens with one attached hydrogen (secondary N) is 2. The number of anilines is 2. The Morgan fingerprint density at radius 2 is 1.60 bits per heavy atom. The van der Waals surface area contributed by atoms with Gasteiger partial charge >= 0.3 is 0 Å². The third-order valence-electron chi connectivity index (χ3n) is 3.32. The highest BCUT2D eigenvalue weighted by molar-refractivity contribution is 8.01. The summed E-state index contributed by atoms with van der Waals surface area (Å²) in [6, 6.07) is 13.9. The van der Waals surface area contributed by atoms with Crippen LogP contribution in [-0.2, 0) is 9.59 Å². The van der Waals surface area contributed by atoms with Crippen LogP contribution < -0.4 is 15.4 Å². The zero-order valence-corrected chi connectivity index (χ0v) is 15.5. The zero-order chi connectivity index (χ0) is 18.2. The van der Waals surface area contributed by atoms with Gasteiger partial charge in [-0.05, 0) is 55.5 Å². The van der Waals surface area contributed by atoms with E-state index in [9.17, 15) is 9.59 Å². The minimum absolute atomic E-state index is 0.162. The highest BCUT2D eigenvalue weighted by atomic mass is 35.5. The van der Waals surface area contributed by atoms with Crippen LogP contribution in [0.2, 0.25) is 5.02 Å². The van der Waals surface area contributed by atoms with Crippen molar-refractivity contribution in [1.82, 2.24) is 0 Å². The molecule has 0 aliphatic rings. The van der Waals surface area contributed by atoms with Gasteiger partial charge in [0, 0.05) is 16.4 Å². The standard InChI is InChI=1S/C18H19ClN2O3S/c1-12(18(23)21-15-5-3-13(19)4-6-15)25-11-17(22)20-14-7-9-16(24-2)10-8-14/h3-10,12H,11H2,1-2H3,(H,20,22)(H,21,23). The monoisotopic (exact) mass is 378 g/mol. The Kier molecular flexibility index (Phi) is 7.16. The molecule has 1 atom stereocenters. The first kappa shape index (κ1) is 19.1. The molecule has 0 saturated carbocycles. The van der Waals surface area contributed by atoms with Crippen molar-refractivity contribution in [3.63, 3.8) is 0 Å². The van der Waals surface area contributed by atoms with Crippen LogP contribution in [0.15, 0.2) is 48.5 Å². The predicted octanol–water partition coefficient (Wildman–Crippen LogP) is 4.05. The lowest BCUT2D eigenvalue weighted by Crippen LogP contribution is -2.25. The average Bonchev–Trinajstić information content (AvgIpc) is 2.62. The fourth-order valence-corrected chi connectivity index (χ4v) is 2.73. The van der Waals surface area contributed by atoms with Crippen molar-refractivity contribution in [3.05, 3.63) is 53.6 Å². The van der Waals surface area contributed by atoms with E-state index in [0.29, 0.717) is 16.4 Å². The van der Waals surface area contributed by atoms with Crippen LogP contribution in [0.1, 0.15) is 6.92 Å². The first-order chi connectivity index (χ1) is 12.0. The van der Waals surface area contributed by atoms with Crippen molar-refractivity contribution in [2.24, 2.45) is 0 Å². The van der Waals surface area contributed by atoms with Crippen LogP contribution in [-0.4, -0.2) is 29.9 Å². The summed E-state index contributed by atoms with van der Waals surface area (Å²) < 4.78 is 5.07. The summed E-state index contributed by atoms with van der Waals surface area (Å²) in [5.41, 5.74) is 1.36. The summed E-state index contributed by atoms with van der Waals surface area (Å²) in [7, 11) is 1.58. The molecule has 132 valence electrons. The van der Waals surface area contributed by atoms with E-state index in [0.717, 1.165) is 5.75 Å². The fraction of sp³-hybridized carbons (Fsp3) is 0.222. The number of hydrogen-bond donors (Lipinski definition) is 2. The molecule has 2 aromatic rings. The van der Waals surface area contributed by atoms with Gasteiger partial charge in [-0.3, -0.25) is 9.59 Å². The molecule has 0 radical (unpaired) electrons. The number of halogens is 1. The van der Waals surface area contributed by atoms with Gasteiger partial charge in [0.05, 0.1) is 18.1 Å². The lowest BCUT2D eigenvalue weighted by molar-refractivity contribution is -0.115. The van der Waals surface area contributed by atoms with E-state index in [4.69, 9.17) is 16.3 Å². The number of carbonyl (C=O) groups excluding carboxylic acids is 2. The van der Waals surface area contributed by atoms with Gasteiger partial charge in [-0.15, -0.1) is 11.8 Å². The molecule has 2 N–H and O–H groups in total. The van der Waals surface area contributed by atoms with Gasteiger partial charge < -0.3 is 15.4 Å². The van der Waals surface area contributed by atoms with Crippen molar-refractivity contribution in [1.29, 1.82) is 0 Å². The molecule has 2 rings (SSSR count). The van der Waals surface area contributed by atoms with E-state index in [-0.39, 0.29) is 22.8 Å². The Morgan fingerprint density at radius 1 is 1.04 bits per heavy atom. The number of benzene rings is 2. The maximum atomic E-state index is 12.1. The number of rotatable bonds is 7. The van der Waals surface area contributed by atoms with E-state index >= 15 is 0 Å². The van der Waals surface area contributed by atoms with E-state index in [2.05, 4.69) is 10.6 Å². The van der Waals surface area contributed by atoms with Crippen molar-refractivity contribution < 1.29 is 14.3 Å². The molecule has 0 aromatic heterocycles. The molecule has 0 fully saturated rings. The number of thioether (sulfide) groups is 1. The van der Waals surface area contributed by atoms with Gasteiger partial charge in [-0.2, -0.15) is 0 Å². The summed E-state index contributed by atoms with van der Waals surface area (Å²) in [6.45, 7) is 1.76. The second-order valence-corrected chi connectivity index (χ2v) is 6.99. The Morgan fingerprint density at radius 3 is 2.20 bits per heavy atom. The molecule has 0 saturated heterocycles. The van der Waals surface area contributed by atoms with Gasteiger partial charge in [-0.25, -0.2) is 0 Å². The molecule has 2 amide bonds. The fourth-order valence-electron chi connectivity index (χ4n) is 1.92. The third-order valence-corrected chi connectivity index (χ3v) is 4.71. The van der Waals surface area contributed by atoms with E-state index in [1.165, 1.54) is 11.8 Å². The molecule has 0 bridgehead atoms. The number of ether oxygens (including phenoxy) is 1. The molecule has 2 aromatic carbocycles. The molecular formula is C18H19ClN2O3S. The van der Waals surface area contributed by atoms with E-state index < -0.39 is 0 Å². The molecule has 5 nitrogen and oxygen atoms in total. The van der Waals surface area contributed by atoms with E-state index in [1.807, 2.05) is 0 Å². The topological polar surface area (TPSA) is 67.4 Å². The average molecular weight is 379 g/mol. The SMILES string of the molecule is COc1ccc(NC(=O)CSC(C)C(=O)Nc2ccc(Cl)cc2)cc1. The lowest BCUT2D eigenvalue weighted by Gasteiger charge is -2.12. The smallest absolute Gasteiger partial charge is 0.237 e. The summed E-state index contributed by atoms with van der Waals surface area (Å²) in [6.07, 6.45) is 0.